The highest BCUT2D eigenvalue weighted by atomic mass is 32.1. The molecule has 4 N–H and O–H groups in total. The Kier molecular flexibility index (Phi) is 13.9. The first-order valence-corrected chi connectivity index (χ1v) is 12.0. The van der Waals surface area contributed by atoms with Crippen molar-refractivity contribution in [2.24, 2.45) is 0 Å². The Bertz CT molecular complexity index is 572. The van der Waals surface area contributed by atoms with Crippen molar-refractivity contribution in [2.45, 2.75) is 108 Å². The Balaban J connectivity index is 2.10. The molecule has 6 heteroatoms. The van der Waals surface area contributed by atoms with Crippen LogP contribution in [0.3, 0.4) is 0 Å². The van der Waals surface area contributed by atoms with E-state index in [-0.39, 0.29) is 0 Å². The van der Waals surface area contributed by atoms with Crippen LogP contribution in [0, 0.1) is 0 Å². The molecular formula is C24H41NO4S. The van der Waals surface area contributed by atoms with Gasteiger partial charge in [-0.2, -0.15) is 0 Å². The van der Waals surface area contributed by atoms with E-state index in [1.807, 2.05) is 12.1 Å². The number of aryl methyl sites for hydroxylation is 1. The van der Waals surface area contributed by atoms with E-state index in [9.17, 15) is 15.0 Å². The standard InChI is InChI=1S/C24H41NO4S/c1-2-3-4-5-6-7-8-9-10-11-12-13-14-15-20-16-18-21(19-17-20)25-22(23(26)27)24(28,29)30/h16-19,22,25,28-30H,2-15H2,1H3,(H,26,27)/t22-/m1/s1. The lowest BCUT2D eigenvalue weighted by Crippen LogP contribution is -2.48. The first-order valence-electron chi connectivity index (χ1n) is 11.6. The predicted molar refractivity (Wildman–Crippen MR) is 127 cm³/mol. The average Bonchev–Trinajstić information content (AvgIpc) is 2.69. The summed E-state index contributed by atoms with van der Waals surface area (Å²) in [6.45, 7) is 2.26. The lowest BCUT2D eigenvalue weighted by molar-refractivity contribution is -0.152. The molecule has 0 aliphatic heterocycles. The summed E-state index contributed by atoms with van der Waals surface area (Å²) in [7, 11) is 0. The summed E-state index contributed by atoms with van der Waals surface area (Å²) in [5.41, 5.74) is 1.71. The second kappa shape index (κ2) is 15.5. The average molecular weight is 440 g/mol. The SMILES string of the molecule is CCCCCCCCCCCCCCCc1ccc(N[C@H](C(=O)O)C(O)(O)S)cc1. The maximum Gasteiger partial charge on any atom is 0.332 e. The molecule has 1 aromatic carbocycles. The lowest BCUT2D eigenvalue weighted by atomic mass is 10.0. The topological polar surface area (TPSA) is 89.8 Å². The number of unbranched alkanes of at least 4 members (excludes halogenated alkanes) is 12. The quantitative estimate of drug-likeness (QED) is 0.114. The fraction of sp³-hybridized carbons (Fsp3) is 0.708. The number of thiol groups is 1. The molecule has 0 aromatic heterocycles. The zero-order valence-corrected chi connectivity index (χ0v) is 19.4. The number of hydrogen-bond donors (Lipinski definition) is 5. The second-order valence-electron chi connectivity index (χ2n) is 8.29. The van der Waals surface area contributed by atoms with Crippen LogP contribution in [0.15, 0.2) is 24.3 Å². The van der Waals surface area contributed by atoms with Crippen LogP contribution >= 0.6 is 12.6 Å². The van der Waals surface area contributed by atoms with Crippen molar-refractivity contribution in [1.82, 2.24) is 0 Å². The maximum absolute atomic E-state index is 11.1. The van der Waals surface area contributed by atoms with Crippen molar-refractivity contribution in [3.05, 3.63) is 29.8 Å². The van der Waals surface area contributed by atoms with Gasteiger partial charge in [0.2, 0.25) is 5.12 Å². The number of carbonyl (C=O) groups is 1. The molecule has 0 aliphatic carbocycles. The molecule has 0 saturated heterocycles. The molecule has 1 rings (SSSR count). The van der Waals surface area contributed by atoms with Gasteiger partial charge in [-0.15, -0.1) is 12.6 Å². The number of aliphatic hydroxyl groups is 2. The van der Waals surface area contributed by atoms with Crippen molar-refractivity contribution in [3.63, 3.8) is 0 Å². The molecule has 30 heavy (non-hydrogen) atoms. The third kappa shape index (κ3) is 12.5. The number of aliphatic carboxylic acids is 1. The van der Waals surface area contributed by atoms with Gasteiger partial charge in [-0.3, -0.25) is 0 Å². The van der Waals surface area contributed by atoms with E-state index in [0.717, 1.165) is 12.8 Å². The molecule has 0 saturated carbocycles. The highest BCUT2D eigenvalue weighted by Gasteiger charge is 2.37. The van der Waals surface area contributed by atoms with E-state index in [1.165, 1.54) is 82.6 Å². The highest BCUT2D eigenvalue weighted by molar-refractivity contribution is 7.81. The molecule has 0 unspecified atom stereocenters. The van der Waals surface area contributed by atoms with Gasteiger partial charge in [0.15, 0.2) is 6.04 Å². The van der Waals surface area contributed by atoms with Gasteiger partial charge in [0.25, 0.3) is 0 Å². The van der Waals surface area contributed by atoms with Crippen LogP contribution in [-0.4, -0.2) is 32.4 Å². The summed E-state index contributed by atoms with van der Waals surface area (Å²) >= 11 is 3.52. The van der Waals surface area contributed by atoms with Gasteiger partial charge in [0.1, 0.15) is 0 Å². The monoisotopic (exact) mass is 439 g/mol. The van der Waals surface area contributed by atoms with Crippen molar-refractivity contribution in [2.75, 3.05) is 5.32 Å². The molecular weight excluding hydrogens is 398 g/mol. The first kappa shape index (κ1) is 26.8. The van der Waals surface area contributed by atoms with Crippen LogP contribution < -0.4 is 5.32 Å². The van der Waals surface area contributed by atoms with Gasteiger partial charge in [0.05, 0.1) is 0 Å². The minimum atomic E-state index is -2.64. The third-order valence-electron chi connectivity index (χ3n) is 5.47. The van der Waals surface area contributed by atoms with E-state index in [4.69, 9.17) is 5.11 Å². The van der Waals surface area contributed by atoms with Crippen molar-refractivity contribution < 1.29 is 20.1 Å². The number of anilines is 1. The van der Waals surface area contributed by atoms with E-state index in [2.05, 4.69) is 24.9 Å². The zero-order valence-electron chi connectivity index (χ0n) is 18.5. The Morgan fingerprint density at radius 3 is 1.70 bits per heavy atom. The summed E-state index contributed by atoms with van der Waals surface area (Å²) in [5, 5.41) is 27.9. The van der Waals surface area contributed by atoms with Crippen LogP contribution in [0.5, 0.6) is 0 Å². The summed E-state index contributed by atoms with van der Waals surface area (Å²) in [5.74, 6) is -1.38. The van der Waals surface area contributed by atoms with E-state index < -0.39 is 17.1 Å². The summed E-state index contributed by atoms with van der Waals surface area (Å²) < 4.78 is 0. The van der Waals surface area contributed by atoms with Gasteiger partial charge in [0, 0.05) is 5.69 Å². The Labute approximate surface area is 187 Å². The van der Waals surface area contributed by atoms with Crippen LogP contribution in [0.2, 0.25) is 0 Å². The smallest absolute Gasteiger partial charge is 0.332 e. The molecule has 0 aliphatic rings. The highest BCUT2D eigenvalue weighted by Crippen LogP contribution is 2.19. The molecule has 0 fully saturated rings. The molecule has 1 aromatic rings. The molecule has 0 bridgehead atoms. The van der Waals surface area contributed by atoms with Crippen LogP contribution in [0.4, 0.5) is 5.69 Å². The van der Waals surface area contributed by atoms with Gasteiger partial charge in [-0.05, 0) is 30.5 Å². The third-order valence-corrected chi connectivity index (χ3v) is 5.73. The largest absolute Gasteiger partial charge is 0.480 e. The maximum atomic E-state index is 11.1. The van der Waals surface area contributed by atoms with Gasteiger partial charge in [-0.1, -0.05) is 96.1 Å². The fourth-order valence-electron chi connectivity index (χ4n) is 3.61. The molecule has 5 nitrogen and oxygen atoms in total. The lowest BCUT2D eigenvalue weighted by Gasteiger charge is -2.24. The number of rotatable bonds is 18. The van der Waals surface area contributed by atoms with Crippen molar-refractivity contribution in [1.29, 1.82) is 0 Å². The Hall–Kier alpha value is -1.24. The summed E-state index contributed by atoms with van der Waals surface area (Å²) in [6.07, 6.45) is 18.4. The molecule has 1 atom stereocenters. The number of nitrogens with one attached hydrogen (secondary N) is 1. The molecule has 0 heterocycles. The number of hydrogen-bond acceptors (Lipinski definition) is 5. The number of benzene rings is 1. The fourth-order valence-corrected chi connectivity index (χ4v) is 3.78. The normalized spacial score (nSPS) is 12.7. The minimum Gasteiger partial charge on any atom is -0.480 e. The Morgan fingerprint density at radius 1 is 0.867 bits per heavy atom. The number of carboxylic acids is 1. The molecule has 0 amide bonds. The zero-order chi connectivity index (χ0) is 22.2. The molecule has 172 valence electrons. The van der Waals surface area contributed by atoms with Crippen molar-refractivity contribution >= 4 is 24.3 Å². The predicted octanol–water partition coefficient (Wildman–Crippen LogP) is 5.75. The molecule has 0 radical (unpaired) electrons. The van der Waals surface area contributed by atoms with Gasteiger partial charge < -0.3 is 20.6 Å². The van der Waals surface area contributed by atoms with Crippen LogP contribution in [0.25, 0.3) is 0 Å². The number of carboxylic acid groups (broad SMARTS) is 1. The van der Waals surface area contributed by atoms with E-state index >= 15 is 0 Å². The first-order chi connectivity index (χ1) is 14.3. The summed E-state index contributed by atoms with van der Waals surface area (Å²) in [6, 6.07) is 5.78. The second-order valence-corrected chi connectivity index (χ2v) is 8.95. The van der Waals surface area contributed by atoms with E-state index in [0.29, 0.717) is 5.69 Å². The van der Waals surface area contributed by atoms with Gasteiger partial charge in [-0.25, -0.2) is 4.79 Å². The van der Waals surface area contributed by atoms with Crippen molar-refractivity contribution in [3.8, 4) is 0 Å². The molecule has 0 spiro atoms. The Morgan fingerprint density at radius 2 is 1.30 bits per heavy atom. The van der Waals surface area contributed by atoms with Crippen LogP contribution in [-0.2, 0) is 11.2 Å². The van der Waals surface area contributed by atoms with Gasteiger partial charge >= 0.3 is 5.97 Å². The summed E-state index contributed by atoms with van der Waals surface area (Å²) in [4.78, 5) is 11.1. The van der Waals surface area contributed by atoms with Crippen LogP contribution in [0.1, 0.15) is 96.0 Å². The van der Waals surface area contributed by atoms with E-state index in [1.54, 1.807) is 12.1 Å². The minimum absolute atomic E-state index is 0.512.